The Morgan fingerprint density at radius 2 is 0.576 bits per heavy atom. The fourth-order valence-electron chi connectivity index (χ4n) is 11.0. The zero-order valence-electron chi connectivity index (χ0n) is 39.4. The Labute approximate surface area is 391 Å². The van der Waals surface area contributed by atoms with E-state index in [-0.39, 0.29) is 0 Å². The minimum atomic E-state index is -0.681. The van der Waals surface area contributed by atoms with Crippen LogP contribution >= 0.6 is 0 Å². The smallest absolute Gasteiger partial charge is 0.0742 e. The lowest BCUT2D eigenvalue weighted by molar-refractivity contribution is 0.731. The molecule has 1 aliphatic heterocycles. The third-order valence-corrected chi connectivity index (χ3v) is 13.9. The van der Waals surface area contributed by atoms with Crippen molar-refractivity contribution >= 4 is 51.2 Å². The fraction of sp³-hybridized carbons (Fsp3) is 0.143. The average molecular weight is 856 g/mol. The van der Waals surface area contributed by atoms with E-state index in [0.717, 1.165) is 28.4 Å². The van der Waals surface area contributed by atoms with Gasteiger partial charge >= 0.3 is 0 Å². The van der Waals surface area contributed by atoms with Crippen LogP contribution in [0.25, 0.3) is 0 Å². The number of hydrogen-bond donors (Lipinski definition) is 0. The molecule has 0 N–H and O–H groups in total. The molecule has 1 heterocycles. The number of hydrogen-bond acceptors (Lipinski definition) is 3. The largest absolute Gasteiger partial charge is 0.310 e. The summed E-state index contributed by atoms with van der Waals surface area (Å²) in [6.07, 6.45) is 0. The molecule has 0 radical (unpaired) electrons. The zero-order chi connectivity index (χ0) is 45.7. The molecule has 0 aromatic heterocycles. The molecule has 1 aliphatic rings. The van der Waals surface area contributed by atoms with Gasteiger partial charge in [0.15, 0.2) is 0 Å². The summed E-state index contributed by atoms with van der Waals surface area (Å²) in [5.41, 5.74) is 24.7. The molecule has 0 saturated carbocycles. The minimum absolute atomic E-state index is 0.681. The Morgan fingerprint density at radius 3 is 0.894 bits per heavy atom. The van der Waals surface area contributed by atoms with Crippen molar-refractivity contribution in [3.8, 4) is 0 Å². The van der Waals surface area contributed by atoms with E-state index in [0.29, 0.717) is 0 Å². The van der Waals surface area contributed by atoms with Crippen molar-refractivity contribution in [2.24, 2.45) is 0 Å². The quantitative estimate of drug-likeness (QED) is 0.143. The number of anilines is 9. The van der Waals surface area contributed by atoms with Gasteiger partial charge in [0, 0.05) is 17.1 Å². The Balaban J connectivity index is 1.23. The maximum atomic E-state index is 2.48. The summed E-state index contributed by atoms with van der Waals surface area (Å²) >= 11 is 0. The van der Waals surface area contributed by atoms with E-state index in [4.69, 9.17) is 0 Å². The Morgan fingerprint density at radius 1 is 0.288 bits per heavy atom. The second-order valence-electron chi connectivity index (χ2n) is 18.2. The van der Waals surface area contributed by atoms with E-state index in [1.54, 1.807) is 0 Å². The molecular weight excluding hydrogens is 799 g/mol. The first-order valence-electron chi connectivity index (χ1n) is 23.2. The van der Waals surface area contributed by atoms with Crippen LogP contribution in [0.4, 0.5) is 51.2 Å². The maximum Gasteiger partial charge on any atom is 0.0742 e. The van der Waals surface area contributed by atoms with E-state index in [9.17, 15) is 0 Å². The predicted octanol–water partition coefficient (Wildman–Crippen LogP) is 17.3. The summed E-state index contributed by atoms with van der Waals surface area (Å²) in [4.78, 5) is 7.41. The predicted molar refractivity (Wildman–Crippen MR) is 280 cm³/mol. The highest BCUT2D eigenvalue weighted by Crippen LogP contribution is 2.58. The van der Waals surface area contributed by atoms with Crippen LogP contribution in [0.3, 0.4) is 0 Å². The van der Waals surface area contributed by atoms with Gasteiger partial charge in [-0.05, 0) is 171 Å². The van der Waals surface area contributed by atoms with E-state index in [1.807, 2.05) is 0 Å². The molecule has 0 aliphatic carbocycles. The summed E-state index contributed by atoms with van der Waals surface area (Å²) < 4.78 is 0. The van der Waals surface area contributed by atoms with Gasteiger partial charge in [-0.3, -0.25) is 0 Å². The Hall–Kier alpha value is -7.62. The number of fused-ring (bicyclic) bond motifs is 2. The molecule has 324 valence electrons. The standard InChI is InChI=1S/C63H57N3/c1-42-20-16-21-43(2)59(42)65(60-44(3)22-17-23-45(60)4)53-38-34-50(35-39-53)63(55-30-12-14-32-57(55)64(52-28-10-9-11-29-52)58-33-15-13-31-56(58)63)51-36-40-54(41-37-51)66(61-46(5)24-18-25-47(61)6)62-48(7)26-19-27-49(62)8/h9-41H,1-8H3. The molecule has 0 saturated heterocycles. The second kappa shape index (κ2) is 17.1. The number of rotatable bonds is 9. The van der Waals surface area contributed by atoms with Gasteiger partial charge in [0.25, 0.3) is 0 Å². The molecule has 3 nitrogen and oxygen atoms in total. The molecule has 0 amide bonds. The Kier molecular flexibility index (Phi) is 10.9. The van der Waals surface area contributed by atoms with E-state index < -0.39 is 5.41 Å². The van der Waals surface area contributed by atoms with Crippen molar-refractivity contribution in [1.29, 1.82) is 0 Å². The van der Waals surface area contributed by atoms with Crippen LogP contribution in [-0.2, 0) is 5.41 Å². The van der Waals surface area contributed by atoms with Crippen LogP contribution in [0.1, 0.15) is 66.8 Å². The van der Waals surface area contributed by atoms with Gasteiger partial charge in [-0.15, -0.1) is 0 Å². The van der Waals surface area contributed by atoms with E-state index in [1.165, 1.54) is 89.5 Å². The summed E-state index contributed by atoms with van der Waals surface area (Å²) in [6, 6.07) is 74.3. The molecule has 0 fully saturated rings. The van der Waals surface area contributed by atoms with Crippen LogP contribution in [0.2, 0.25) is 0 Å². The van der Waals surface area contributed by atoms with E-state index in [2.05, 4.69) is 270 Å². The molecular formula is C63H57N3. The lowest BCUT2D eigenvalue weighted by Crippen LogP contribution is -2.37. The number of benzene rings is 9. The lowest BCUT2D eigenvalue weighted by atomic mass is 9.62. The van der Waals surface area contributed by atoms with Crippen molar-refractivity contribution in [1.82, 2.24) is 0 Å². The summed E-state index contributed by atoms with van der Waals surface area (Å²) in [6.45, 7) is 17.8. The third kappa shape index (κ3) is 6.89. The molecule has 0 unspecified atom stereocenters. The first-order chi connectivity index (χ1) is 32.1. The van der Waals surface area contributed by atoms with Crippen molar-refractivity contribution < 1.29 is 0 Å². The van der Waals surface area contributed by atoms with E-state index >= 15 is 0 Å². The molecule has 10 rings (SSSR count). The SMILES string of the molecule is Cc1cccc(C)c1N(c1ccc(C2(c3ccc(N(c4c(C)cccc4C)c4c(C)cccc4C)cc3)c3ccccc3N(c3ccccc3)c3ccccc32)cc1)c1c(C)cccc1C. The minimum Gasteiger partial charge on any atom is -0.310 e. The highest BCUT2D eigenvalue weighted by atomic mass is 15.2. The monoisotopic (exact) mass is 855 g/mol. The zero-order valence-corrected chi connectivity index (χ0v) is 39.4. The van der Waals surface area contributed by atoms with Crippen LogP contribution in [-0.4, -0.2) is 0 Å². The maximum absolute atomic E-state index is 2.48. The van der Waals surface area contributed by atoms with Gasteiger partial charge in [-0.25, -0.2) is 0 Å². The molecule has 0 atom stereocenters. The normalized spacial score (nSPS) is 12.6. The van der Waals surface area contributed by atoms with Crippen LogP contribution < -0.4 is 14.7 Å². The molecule has 66 heavy (non-hydrogen) atoms. The second-order valence-corrected chi connectivity index (χ2v) is 18.2. The van der Waals surface area contributed by atoms with Crippen molar-refractivity contribution in [2.45, 2.75) is 60.8 Å². The van der Waals surface area contributed by atoms with Gasteiger partial charge in [-0.1, -0.05) is 152 Å². The number of para-hydroxylation sites is 7. The van der Waals surface area contributed by atoms with Gasteiger partial charge in [-0.2, -0.15) is 0 Å². The lowest BCUT2D eigenvalue weighted by Gasteiger charge is -2.46. The summed E-state index contributed by atoms with van der Waals surface area (Å²) in [5.74, 6) is 0. The average Bonchev–Trinajstić information content (AvgIpc) is 3.32. The van der Waals surface area contributed by atoms with Crippen LogP contribution in [0.15, 0.2) is 200 Å². The Bertz CT molecular complexity index is 2850. The molecule has 9 aromatic carbocycles. The van der Waals surface area contributed by atoms with Gasteiger partial charge in [0.05, 0.1) is 39.5 Å². The van der Waals surface area contributed by atoms with Gasteiger partial charge in [0.2, 0.25) is 0 Å². The topological polar surface area (TPSA) is 9.72 Å². The molecule has 9 aromatic rings. The molecule has 3 heteroatoms. The first-order valence-corrected chi connectivity index (χ1v) is 23.2. The molecule has 0 bridgehead atoms. The fourth-order valence-corrected chi connectivity index (χ4v) is 11.0. The van der Waals surface area contributed by atoms with Crippen LogP contribution in [0, 0.1) is 55.4 Å². The third-order valence-electron chi connectivity index (χ3n) is 13.9. The summed E-state index contributed by atoms with van der Waals surface area (Å²) in [5, 5.41) is 0. The summed E-state index contributed by atoms with van der Waals surface area (Å²) in [7, 11) is 0. The highest BCUT2D eigenvalue weighted by Gasteiger charge is 2.46. The van der Waals surface area contributed by atoms with Gasteiger partial charge < -0.3 is 14.7 Å². The van der Waals surface area contributed by atoms with Crippen molar-refractivity contribution in [2.75, 3.05) is 14.7 Å². The number of aryl methyl sites for hydroxylation is 8. The van der Waals surface area contributed by atoms with Crippen molar-refractivity contribution in [3.63, 3.8) is 0 Å². The van der Waals surface area contributed by atoms with Crippen molar-refractivity contribution in [3.05, 3.63) is 267 Å². The van der Waals surface area contributed by atoms with Crippen LogP contribution in [0.5, 0.6) is 0 Å². The highest BCUT2D eigenvalue weighted by molar-refractivity contribution is 5.91. The first kappa shape index (κ1) is 42.3. The number of nitrogens with zero attached hydrogens (tertiary/aromatic N) is 3. The molecule has 0 spiro atoms. The van der Waals surface area contributed by atoms with Gasteiger partial charge in [0.1, 0.15) is 0 Å².